The second-order valence-electron chi connectivity index (χ2n) is 4.42. The minimum atomic E-state index is -0.206. The van der Waals surface area contributed by atoms with Crippen LogP contribution in [-0.4, -0.2) is 16.8 Å². The molecule has 0 spiro atoms. The van der Waals surface area contributed by atoms with Gasteiger partial charge in [-0.15, -0.1) is 0 Å². The summed E-state index contributed by atoms with van der Waals surface area (Å²) in [6.45, 7) is 2.01. The summed E-state index contributed by atoms with van der Waals surface area (Å²) < 4.78 is 13.6. The number of nitrogens with two attached hydrogens (primary N) is 1. The van der Waals surface area contributed by atoms with E-state index in [-0.39, 0.29) is 11.9 Å². The largest absolute Gasteiger partial charge is 0.328 e. The fraction of sp³-hybridized carbons (Fsp3) is 0.357. The third-order valence-corrected chi connectivity index (χ3v) is 3.81. The molecule has 1 heterocycles. The van der Waals surface area contributed by atoms with E-state index in [1.807, 2.05) is 24.8 Å². The number of nitrogens with zero attached hydrogens (tertiary/aromatic N) is 1. The van der Waals surface area contributed by atoms with Gasteiger partial charge in [-0.05, 0) is 42.9 Å². The van der Waals surface area contributed by atoms with Gasteiger partial charge in [0.15, 0.2) is 0 Å². The number of fused-ring (bicyclic) bond motifs is 1. The van der Waals surface area contributed by atoms with Crippen LogP contribution in [0.1, 0.15) is 18.9 Å². The van der Waals surface area contributed by atoms with Gasteiger partial charge in [0.05, 0.1) is 5.52 Å². The minimum absolute atomic E-state index is 0.206. The quantitative estimate of drug-likeness (QED) is 0.842. The van der Waals surface area contributed by atoms with Crippen LogP contribution in [0, 0.1) is 5.82 Å². The van der Waals surface area contributed by atoms with Crippen LogP contribution in [0.15, 0.2) is 30.5 Å². The van der Waals surface area contributed by atoms with Crippen LogP contribution < -0.4 is 5.73 Å². The molecule has 0 aliphatic heterocycles. The molecule has 0 aliphatic rings. The van der Waals surface area contributed by atoms with Gasteiger partial charge in [0.25, 0.3) is 0 Å². The fourth-order valence-corrected chi connectivity index (χ4v) is 2.90. The predicted octanol–water partition coefficient (Wildman–Crippen LogP) is 3.34. The molecular formula is C14H17FN2S. The van der Waals surface area contributed by atoms with E-state index in [0.29, 0.717) is 5.39 Å². The number of benzene rings is 1. The Morgan fingerprint density at radius 3 is 3.00 bits per heavy atom. The summed E-state index contributed by atoms with van der Waals surface area (Å²) in [7, 11) is 0. The summed E-state index contributed by atoms with van der Waals surface area (Å²) in [5, 5.41) is 0.600. The Morgan fingerprint density at radius 2 is 2.22 bits per heavy atom. The van der Waals surface area contributed by atoms with Crippen LogP contribution in [0.3, 0.4) is 0 Å². The molecule has 0 aliphatic carbocycles. The summed E-state index contributed by atoms with van der Waals surface area (Å²) >= 11 is 1.81. The lowest BCUT2D eigenvalue weighted by Gasteiger charge is -2.07. The molecule has 1 unspecified atom stereocenters. The van der Waals surface area contributed by atoms with E-state index in [1.165, 1.54) is 6.07 Å². The highest BCUT2D eigenvalue weighted by Gasteiger charge is 2.06. The van der Waals surface area contributed by atoms with Gasteiger partial charge in [0.2, 0.25) is 0 Å². The highest BCUT2D eigenvalue weighted by molar-refractivity contribution is 7.98. The summed E-state index contributed by atoms with van der Waals surface area (Å²) in [6.07, 6.45) is 2.70. The average molecular weight is 264 g/mol. The molecule has 18 heavy (non-hydrogen) atoms. The van der Waals surface area contributed by atoms with Crippen molar-refractivity contribution in [3.05, 3.63) is 41.8 Å². The third-order valence-electron chi connectivity index (χ3n) is 2.78. The minimum Gasteiger partial charge on any atom is -0.328 e. The van der Waals surface area contributed by atoms with Gasteiger partial charge in [-0.25, -0.2) is 4.39 Å². The maximum atomic E-state index is 13.6. The van der Waals surface area contributed by atoms with Gasteiger partial charge < -0.3 is 5.73 Å². The van der Waals surface area contributed by atoms with Gasteiger partial charge >= 0.3 is 0 Å². The first kappa shape index (κ1) is 13.3. The van der Waals surface area contributed by atoms with Gasteiger partial charge in [-0.1, -0.05) is 6.07 Å². The highest BCUT2D eigenvalue weighted by Crippen LogP contribution is 2.23. The van der Waals surface area contributed by atoms with Crippen LogP contribution >= 0.6 is 11.8 Å². The van der Waals surface area contributed by atoms with Gasteiger partial charge in [-0.2, -0.15) is 11.8 Å². The van der Waals surface area contributed by atoms with Crippen LogP contribution in [0.5, 0.6) is 0 Å². The highest BCUT2D eigenvalue weighted by atomic mass is 32.2. The molecule has 2 aromatic rings. The Balaban J connectivity index is 2.11. The van der Waals surface area contributed by atoms with Gasteiger partial charge in [0.1, 0.15) is 5.82 Å². The molecule has 0 bridgehead atoms. The number of aromatic nitrogens is 1. The molecule has 0 amide bonds. The maximum Gasteiger partial charge on any atom is 0.132 e. The Morgan fingerprint density at radius 1 is 1.39 bits per heavy atom. The van der Waals surface area contributed by atoms with Crippen molar-refractivity contribution >= 4 is 22.7 Å². The molecule has 0 fully saturated rings. The molecule has 1 aromatic heterocycles. The second-order valence-corrected chi connectivity index (χ2v) is 5.53. The van der Waals surface area contributed by atoms with Crippen LogP contribution in [0.2, 0.25) is 0 Å². The Labute approximate surface area is 111 Å². The second kappa shape index (κ2) is 6.16. The summed E-state index contributed by atoms with van der Waals surface area (Å²) in [5.74, 6) is 1.66. The number of thioether (sulfide) groups is 1. The molecule has 4 heteroatoms. The molecule has 2 nitrogen and oxygen atoms in total. The third kappa shape index (κ3) is 3.21. The predicted molar refractivity (Wildman–Crippen MR) is 76.1 cm³/mol. The van der Waals surface area contributed by atoms with E-state index in [0.717, 1.165) is 29.0 Å². The van der Waals surface area contributed by atoms with Crippen molar-refractivity contribution in [3.63, 3.8) is 0 Å². The molecule has 0 saturated heterocycles. The van der Waals surface area contributed by atoms with Crippen molar-refractivity contribution < 1.29 is 4.39 Å². The number of hydrogen-bond acceptors (Lipinski definition) is 3. The maximum absolute atomic E-state index is 13.6. The van der Waals surface area contributed by atoms with Gasteiger partial charge in [-0.3, -0.25) is 4.98 Å². The molecule has 0 saturated carbocycles. The Hall–Kier alpha value is -1.13. The van der Waals surface area contributed by atoms with Crippen molar-refractivity contribution in [2.24, 2.45) is 5.73 Å². The number of rotatable bonds is 5. The lowest BCUT2D eigenvalue weighted by molar-refractivity contribution is 0.639. The summed E-state index contributed by atoms with van der Waals surface area (Å²) in [4.78, 5) is 4.28. The van der Waals surface area contributed by atoms with Crippen LogP contribution in [0.25, 0.3) is 10.9 Å². The zero-order valence-electron chi connectivity index (χ0n) is 10.4. The lowest BCUT2D eigenvalue weighted by Crippen LogP contribution is -2.15. The molecular weight excluding hydrogens is 247 g/mol. The van der Waals surface area contributed by atoms with E-state index >= 15 is 0 Å². The first-order valence-electron chi connectivity index (χ1n) is 6.04. The normalized spacial score (nSPS) is 12.8. The number of hydrogen-bond donors (Lipinski definition) is 1. The lowest BCUT2D eigenvalue weighted by atomic mass is 10.1. The first-order valence-corrected chi connectivity index (χ1v) is 7.19. The molecule has 1 aromatic carbocycles. The zero-order chi connectivity index (χ0) is 13.0. The SMILES string of the molecule is CC(N)CCSCc1ccc(F)c2cccnc12. The number of pyridine rings is 1. The molecule has 0 radical (unpaired) electrons. The standard InChI is InChI=1S/C14H17FN2S/c1-10(16)6-8-18-9-11-4-5-13(15)12-3-2-7-17-14(11)12/h2-5,7,10H,6,8-9,16H2,1H3. The first-order chi connectivity index (χ1) is 8.68. The Kier molecular flexibility index (Phi) is 4.55. The van der Waals surface area contributed by atoms with E-state index in [4.69, 9.17) is 5.73 Å². The smallest absolute Gasteiger partial charge is 0.132 e. The molecule has 1 atom stereocenters. The monoisotopic (exact) mass is 264 g/mol. The van der Waals surface area contributed by atoms with Crippen molar-refractivity contribution in [1.29, 1.82) is 0 Å². The van der Waals surface area contributed by atoms with Crippen LogP contribution in [0.4, 0.5) is 4.39 Å². The number of halogens is 1. The topological polar surface area (TPSA) is 38.9 Å². The van der Waals surface area contributed by atoms with Crippen molar-refractivity contribution in [2.45, 2.75) is 25.1 Å². The van der Waals surface area contributed by atoms with Crippen molar-refractivity contribution in [2.75, 3.05) is 5.75 Å². The molecule has 2 rings (SSSR count). The van der Waals surface area contributed by atoms with Gasteiger partial charge in [0, 0.05) is 23.4 Å². The van der Waals surface area contributed by atoms with Crippen LogP contribution in [-0.2, 0) is 5.75 Å². The van der Waals surface area contributed by atoms with E-state index in [2.05, 4.69) is 4.98 Å². The molecule has 2 N–H and O–H groups in total. The average Bonchev–Trinajstić information content (AvgIpc) is 2.37. The van der Waals surface area contributed by atoms with E-state index in [1.54, 1.807) is 18.3 Å². The van der Waals surface area contributed by atoms with Crippen molar-refractivity contribution in [1.82, 2.24) is 4.98 Å². The zero-order valence-corrected chi connectivity index (χ0v) is 11.2. The fourth-order valence-electron chi connectivity index (χ4n) is 1.76. The Bertz CT molecular complexity index is 528. The van der Waals surface area contributed by atoms with Crippen molar-refractivity contribution in [3.8, 4) is 0 Å². The summed E-state index contributed by atoms with van der Waals surface area (Å²) in [5.41, 5.74) is 7.56. The van der Waals surface area contributed by atoms with E-state index < -0.39 is 0 Å². The summed E-state index contributed by atoms with van der Waals surface area (Å²) in [6, 6.07) is 7.11. The molecule has 96 valence electrons. The van der Waals surface area contributed by atoms with E-state index in [9.17, 15) is 4.39 Å².